The maximum atomic E-state index is 12.6. The molecule has 3 nitrogen and oxygen atoms in total. The second-order valence-corrected chi connectivity index (χ2v) is 5.35. The van der Waals surface area contributed by atoms with Crippen LogP contribution in [0.15, 0.2) is 24.3 Å². The Labute approximate surface area is 107 Å². The van der Waals surface area contributed by atoms with Crippen LogP contribution in [0.25, 0.3) is 0 Å². The predicted molar refractivity (Wildman–Crippen MR) is 69.4 cm³/mol. The zero-order valence-electron chi connectivity index (χ0n) is 10.5. The summed E-state index contributed by atoms with van der Waals surface area (Å²) in [5.41, 5.74) is 1.91. The Balaban J connectivity index is 1.96. The quantitative estimate of drug-likeness (QED) is 0.865. The lowest BCUT2D eigenvalue weighted by Gasteiger charge is -2.39. The lowest BCUT2D eigenvalue weighted by molar-refractivity contribution is 0.0430. The molecule has 1 N–H and O–H groups in total. The molecule has 0 bridgehead atoms. The van der Waals surface area contributed by atoms with Gasteiger partial charge in [-0.1, -0.05) is 31.0 Å². The molecule has 2 aliphatic rings. The summed E-state index contributed by atoms with van der Waals surface area (Å²) in [5, 5.41) is 9.57. The maximum Gasteiger partial charge on any atom is 0.254 e. The van der Waals surface area contributed by atoms with Crippen molar-refractivity contribution in [1.29, 1.82) is 0 Å². The summed E-state index contributed by atoms with van der Waals surface area (Å²) in [6, 6.07) is 8.10. The molecule has 1 unspecified atom stereocenters. The number of carbonyl (C=O) groups excluding carboxylic acids is 1. The van der Waals surface area contributed by atoms with E-state index in [9.17, 15) is 9.90 Å². The summed E-state index contributed by atoms with van der Waals surface area (Å²) in [4.78, 5) is 14.5. The average molecular weight is 245 g/mol. The molecule has 1 heterocycles. The molecule has 3 heteroatoms. The van der Waals surface area contributed by atoms with Crippen molar-refractivity contribution in [3.8, 4) is 0 Å². The number of rotatable bonds is 2. The fourth-order valence-corrected chi connectivity index (χ4v) is 3.36. The number of hydrogen-bond donors (Lipinski definition) is 1. The molecule has 1 aliphatic heterocycles. The van der Waals surface area contributed by atoms with E-state index in [1.54, 1.807) is 0 Å². The zero-order valence-corrected chi connectivity index (χ0v) is 10.5. The van der Waals surface area contributed by atoms with Crippen LogP contribution in [0.4, 0.5) is 0 Å². The number of benzene rings is 1. The highest BCUT2D eigenvalue weighted by molar-refractivity contribution is 5.97. The fourth-order valence-electron chi connectivity index (χ4n) is 3.36. The maximum absolute atomic E-state index is 12.6. The normalized spacial score (nSPS) is 24.4. The van der Waals surface area contributed by atoms with Gasteiger partial charge in [0.15, 0.2) is 0 Å². The molecule has 1 aromatic rings. The first-order valence-corrected chi connectivity index (χ1v) is 6.82. The van der Waals surface area contributed by atoms with E-state index in [4.69, 9.17) is 0 Å². The van der Waals surface area contributed by atoms with Crippen molar-refractivity contribution in [1.82, 2.24) is 4.90 Å². The molecule has 1 amide bonds. The number of nitrogens with zero attached hydrogens (tertiary/aromatic N) is 1. The van der Waals surface area contributed by atoms with Gasteiger partial charge in [-0.05, 0) is 30.9 Å². The third-order valence-corrected chi connectivity index (χ3v) is 4.26. The molecule has 1 aromatic carbocycles. The Morgan fingerprint density at radius 2 is 1.94 bits per heavy atom. The summed E-state index contributed by atoms with van der Waals surface area (Å²) >= 11 is 0. The van der Waals surface area contributed by atoms with Gasteiger partial charge in [-0.2, -0.15) is 0 Å². The zero-order chi connectivity index (χ0) is 12.5. The highest BCUT2D eigenvalue weighted by Crippen LogP contribution is 2.31. The Morgan fingerprint density at radius 1 is 1.22 bits per heavy atom. The second-order valence-electron chi connectivity index (χ2n) is 5.35. The van der Waals surface area contributed by atoms with Crippen LogP contribution in [0.2, 0.25) is 0 Å². The minimum atomic E-state index is -0.0319. The van der Waals surface area contributed by atoms with Gasteiger partial charge in [-0.25, -0.2) is 0 Å². The Hall–Kier alpha value is -1.35. The third kappa shape index (κ3) is 1.83. The SMILES string of the molecule is O=C1c2ccccc2CC(CO)N1C1CCCC1. The molecule has 96 valence electrons. The van der Waals surface area contributed by atoms with E-state index in [1.807, 2.05) is 29.2 Å². The van der Waals surface area contributed by atoms with Gasteiger partial charge >= 0.3 is 0 Å². The Morgan fingerprint density at radius 3 is 2.67 bits per heavy atom. The van der Waals surface area contributed by atoms with E-state index in [2.05, 4.69) is 0 Å². The highest BCUT2D eigenvalue weighted by atomic mass is 16.3. The molecule has 1 aliphatic carbocycles. The summed E-state index contributed by atoms with van der Waals surface area (Å²) < 4.78 is 0. The summed E-state index contributed by atoms with van der Waals surface area (Å²) in [6.45, 7) is 0.0660. The van der Waals surface area contributed by atoms with Crippen LogP contribution < -0.4 is 0 Å². The second kappa shape index (κ2) is 4.73. The third-order valence-electron chi connectivity index (χ3n) is 4.26. The number of carbonyl (C=O) groups is 1. The van der Waals surface area contributed by atoms with Crippen molar-refractivity contribution in [2.45, 2.75) is 44.2 Å². The van der Waals surface area contributed by atoms with Crippen LogP contribution in [0, 0.1) is 0 Å². The van der Waals surface area contributed by atoms with Crippen LogP contribution in [-0.2, 0) is 6.42 Å². The topological polar surface area (TPSA) is 40.5 Å². The van der Waals surface area contributed by atoms with E-state index in [0.717, 1.165) is 30.4 Å². The van der Waals surface area contributed by atoms with E-state index in [1.165, 1.54) is 12.8 Å². The van der Waals surface area contributed by atoms with Gasteiger partial charge < -0.3 is 10.0 Å². The first-order chi connectivity index (χ1) is 8.81. The van der Waals surface area contributed by atoms with Crippen molar-refractivity contribution >= 4 is 5.91 Å². The Bertz CT molecular complexity index is 452. The molecular weight excluding hydrogens is 226 g/mol. The molecule has 0 radical (unpaired) electrons. The van der Waals surface area contributed by atoms with Crippen molar-refractivity contribution < 1.29 is 9.90 Å². The number of fused-ring (bicyclic) bond motifs is 1. The minimum absolute atomic E-state index is 0.0319. The molecule has 0 spiro atoms. The summed E-state index contributed by atoms with van der Waals surface area (Å²) in [7, 11) is 0. The molecule has 18 heavy (non-hydrogen) atoms. The predicted octanol–water partition coefficient (Wildman–Crippen LogP) is 1.99. The van der Waals surface area contributed by atoms with Gasteiger partial charge in [-0.15, -0.1) is 0 Å². The van der Waals surface area contributed by atoms with Crippen LogP contribution in [0.1, 0.15) is 41.6 Å². The lowest BCUT2D eigenvalue weighted by Crippen LogP contribution is -2.52. The smallest absolute Gasteiger partial charge is 0.254 e. The van der Waals surface area contributed by atoms with Crippen molar-refractivity contribution in [2.75, 3.05) is 6.61 Å². The van der Waals surface area contributed by atoms with E-state index in [-0.39, 0.29) is 18.6 Å². The average Bonchev–Trinajstić information content (AvgIpc) is 2.92. The van der Waals surface area contributed by atoms with E-state index in [0.29, 0.717) is 6.04 Å². The number of amides is 1. The van der Waals surface area contributed by atoms with Crippen LogP contribution in [-0.4, -0.2) is 34.6 Å². The largest absolute Gasteiger partial charge is 0.394 e. The van der Waals surface area contributed by atoms with Gasteiger partial charge in [0.25, 0.3) is 5.91 Å². The number of hydrogen-bond acceptors (Lipinski definition) is 2. The highest BCUT2D eigenvalue weighted by Gasteiger charge is 2.37. The van der Waals surface area contributed by atoms with Gasteiger partial charge in [0.05, 0.1) is 12.6 Å². The summed E-state index contributed by atoms with van der Waals surface area (Å²) in [6.07, 6.45) is 5.37. The Kier molecular flexibility index (Phi) is 3.08. The van der Waals surface area contributed by atoms with E-state index < -0.39 is 0 Å². The van der Waals surface area contributed by atoms with Crippen molar-refractivity contribution in [3.05, 3.63) is 35.4 Å². The van der Waals surface area contributed by atoms with Crippen LogP contribution in [0.3, 0.4) is 0 Å². The molecule has 0 aromatic heterocycles. The lowest BCUT2D eigenvalue weighted by atomic mass is 9.92. The van der Waals surface area contributed by atoms with Crippen LogP contribution >= 0.6 is 0 Å². The monoisotopic (exact) mass is 245 g/mol. The van der Waals surface area contributed by atoms with Gasteiger partial charge in [0.1, 0.15) is 0 Å². The molecule has 3 rings (SSSR count). The molecule has 0 saturated heterocycles. The minimum Gasteiger partial charge on any atom is -0.394 e. The first kappa shape index (κ1) is 11.7. The fraction of sp³-hybridized carbons (Fsp3) is 0.533. The summed E-state index contributed by atoms with van der Waals surface area (Å²) in [5.74, 6) is 0.114. The molecule has 1 saturated carbocycles. The first-order valence-electron chi connectivity index (χ1n) is 6.82. The molecule has 1 fully saturated rings. The number of aliphatic hydroxyl groups excluding tert-OH is 1. The van der Waals surface area contributed by atoms with Gasteiger partial charge in [0, 0.05) is 11.6 Å². The van der Waals surface area contributed by atoms with Crippen molar-refractivity contribution in [3.63, 3.8) is 0 Å². The molecular formula is C15H19NO2. The van der Waals surface area contributed by atoms with Crippen molar-refractivity contribution in [2.24, 2.45) is 0 Å². The van der Waals surface area contributed by atoms with Gasteiger partial charge in [-0.3, -0.25) is 4.79 Å². The van der Waals surface area contributed by atoms with Crippen LogP contribution in [0.5, 0.6) is 0 Å². The van der Waals surface area contributed by atoms with E-state index >= 15 is 0 Å². The standard InChI is InChI=1S/C15H19NO2/c17-10-13-9-11-5-1-4-8-14(11)15(18)16(13)12-6-2-3-7-12/h1,4-5,8,12-13,17H,2-3,6-7,9-10H2. The number of aliphatic hydroxyl groups is 1. The van der Waals surface area contributed by atoms with Gasteiger partial charge in [0.2, 0.25) is 0 Å². The molecule has 1 atom stereocenters.